The smallest absolute Gasteiger partial charge is 0.407 e. The van der Waals surface area contributed by atoms with Crippen molar-refractivity contribution in [1.29, 1.82) is 0 Å². The largest absolute Gasteiger partial charge is 0.507 e. The fraction of sp³-hybridized carbons (Fsp3) is 0.143. The van der Waals surface area contributed by atoms with Gasteiger partial charge in [0.25, 0.3) is 11.8 Å². The second-order valence-corrected chi connectivity index (χ2v) is 15.1. The number of hydroxylamine groups is 2. The summed E-state index contributed by atoms with van der Waals surface area (Å²) in [4.78, 5) is 82.3. The van der Waals surface area contributed by atoms with Crippen LogP contribution in [0.2, 0.25) is 0 Å². The number of phenols is 1. The number of rotatable bonds is 11. The molecule has 5 aromatic carbocycles. The summed E-state index contributed by atoms with van der Waals surface area (Å²) in [6.07, 6.45) is -0.571. The second kappa shape index (κ2) is 17.2. The number of ether oxygens (including phenoxy) is 2. The molecule has 15 nitrogen and oxygen atoms in total. The number of nitrogens with one attached hydrogen (secondary N) is 2. The molecule has 1 saturated heterocycles. The van der Waals surface area contributed by atoms with E-state index in [1.807, 2.05) is 36.4 Å². The van der Waals surface area contributed by atoms with E-state index in [4.69, 9.17) is 18.7 Å². The monoisotopic (exact) mass is 859 g/mol. The lowest BCUT2D eigenvalue weighted by Gasteiger charge is -2.24. The van der Waals surface area contributed by atoms with E-state index in [9.17, 15) is 39.0 Å². The molecule has 4 N–H and O–H groups in total. The first kappa shape index (κ1) is 41.1. The fourth-order valence-electron chi connectivity index (χ4n) is 8.11. The third-order valence-electron chi connectivity index (χ3n) is 11.3. The molecule has 3 amide bonds. The van der Waals surface area contributed by atoms with Crippen molar-refractivity contribution in [3.05, 3.63) is 170 Å². The lowest BCUT2D eigenvalue weighted by Crippen LogP contribution is -2.39. The molecule has 0 aromatic heterocycles. The van der Waals surface area contributed by atoms with Crippen molar-refractivity contribution < 1.29 is 52.9 Å². The molecule has 2 aliphatic carbocycles. The zero-order valence-electron chi connectivity index (χ0n) is 33.8. The normalized spacial score (nSPS) is 13.3. The molecule has 9 rings (SSSR count). The first-order valence-electron chi connectivity index (χ1n) is 20.2. The van der Waals surface area contributed by atoms with E-state index >= 15 is 0 Å². The van der Waals surface area contributed by atoms with Crippen molar-refractivity contribution in [2.24, 2.45) is 0 Å². The van der Waals surface area contributed by atoms with Gasteiger partial charge in [0.2, 0.25) is 0 Å². The first-order chi connectivity index (χ1) is 31.0. The quantitative estimate of drug-likeness (QED) is 0.0951. The van der Waals surface area contributed by atoms with Gasteiger partial charge in [-0.15, -0.1) is 5.06 Å². The van der Waals surface area contributed by atoms with Crippen LogP contribution in [0, 0.1) is 0 Å². The van der Waals surface area contributed by atoms with Crippen molar-refractivity contribution in [1.82, 2.24) is 15.7 Å². The number of aromatic hydroxyl groups is 1. The molecule has 2 aliphatic heterocycles. The van der Waals surface area contributed by atoms with Gasteiger partial charge in [0.05, 0.1) is 36.3 Å². The fourth-order valence-corrected chi connectivity index (χ4v) is 8.11. The zero-order valence-corrected chi connectivity index (χ0v) is 33.8. The summed E-state index contributed by atoms with van der Waals surface area (Å²) in [5, 5.41) is 28.0. The van der Waals surface area contributed by atoms with Crippen LogP contribution >= 0.6 is 0 Å². The molecule has 0 atom stereocenters. The van der Waals surface area contributed by atoms with Crippen LogP contribution in [0.25, 0.3) is 44.5 Å². The molecule has 15 heteroatoms. The van der Waals surface area contributed by atoms with Gasteiger partial charge in [0.15, 0.2) is 12.2 Å². The summed E-state index contributed by atoms with van der Waals surface area (Å²) in [6.45, 7) is -0.0398. The average Bonchev–Trinajstić information content (AvgIpc) is 3.63. The van der Waals surface area contributed by atoms with Gasteiger partial charge in [-0.1, -0.05) is 60.7 Å². The standard InChI is InChI=1S/C49H37N3O12/c53-30-14-16-36-42(22-30)63-45-37(44(36)38-21-29(13-15-35(38)47(57)58)48(59)64-52-26-61-20-19-43(52)55)17-18-41(54)39(45)24-50-46(56)28-11-9-27(10-12-28)23-51-49(60)62-25-40-33-7-3-1-5-31(33)32-6-2-4-8-34(32)40/h1-18,21-22,40,54H,19-20,23-26H2,(H,50,56)(H,51,60)(H,57,58). The summed E-state index contributed by atoms with van der Waals surface area (Å²) in [5.74, 6) is -3.56. The van der Waals surface area contributed by atoms with Crippen molar-refractivity contribution in [3.8, 4) is 39.3 Å². The van der Waals surface area contributed by atoms with Gasteiger partial charge < -0.3 is 39.6 Å². The van der Waals surface area contributed by atoms with E-state index in [0.717, 1.165) is 27.3 Å². The topological polar surface area (TPSA) is 211 Å². The minimum absolute atomic E-state index is 0.0107. The third kappa shape index (κ3) is 7.98. The van der Waals surface area contributed by atoms with Crippen molar-refractivity contribution in [2.45, 2.75) is 25.4 Å². The number of carboxylic acid groups (broad SMARTS) is 1. The van der Waals surface area contributed by atoms with Gasteiger partial charge in [-0.3, -0.25) is 14.4 Å². The number of fused-ring (bicyclic) bond motifs is 5. The summed E-state index contributed by atoms with van der Waals surface area (Å²) in [6, 6.07) is 33.2. The molecule has 5 aromatic rings. The molecule has 320 valence electrons. The average molecular weight is 860 g/mol. The van der Waals surface area contributed by atoms with Gasteiger partial charge in [0.1, 0.15) is 23.7 Å². The number of carboxylic acids is 1. The Balaban J connectivity index is 0.922. The number of hydrogen-bond acceptors (Lipinski definition) is 11. The van der Waals surface area contributed by atoms with Gasteiger partial charge >= 0.3 is 18.0 Å². The number of amides is 3. The third-order valence-corrected chi connectivity index (χ3v) is 11.3. The molecule has 0 unspecified atom stereocenters. The molecular formula is C49H37N3O12. The van der Waals surface area contributed by atoms with Crippen LogP contribution in [0.1, 0.15) is 65.7 Å². The molecule has 0 spiro atoms. The van der Waals surface area contributed by atoms with Gasteiger partial charge in [-0.05, 0) is 88.0 Å². The highest BCUT2D eigenvalue weighted by molar-refractivity contribution is 6.09. The second-order valence-electron chi connectivity index (χ2n) is 15.1. The molecular weight excluding hydrogens is 823 g/mol. The maximum Gasteiger partial charge on any atom is 0.407 e. The van der Waals surface area contributed by atoms with E-state index in [2.05, 4.69) is 22.8 Å². The first-order valence-corrected chi connectivity index (χ1v) is 20.2. The Morgan fingerprint density at radius 2 is 1.47 bits per heavy atom. The van der Waals surface area contributed by atoms with Gasteiger partial charge in [0, 0.05) is 40.6 Å². The summed E-state index contributed by atoms with van der Waals surface area (Å²) >= 11 is 0. The predicted octanol–water partition coefficient (Wildman–Crippen LogP) is 7.22. The SMILES string of the molecule is O=C(NCc1ccc(C(=O)NCc2c(O)ccc3c(-c4cc(C(=O)ON5COCCC5=O)ccc4C(=O)O)c4ccc(=O)cc-4oc23)cc1)OCC1c2ccccc2-c2ccccc21. The lowest BCUT2D eigenvalue weighted by atomic mass is 9.89. The van der Waals surface area contributed by atoms with Gasteiger partial charge in [-0.25, -0.2) is 14.4 Å². The Kier molecular flexibility index (Phi) is 11.1. The Hall–Kier alpha value is -8.30. The Morgan fingerprint density at radius 3 is 2.19 bits per heavy atom. The minimum Gasteiger partial charge on any atom is -0.507 e. The number of nitrogens with zero attached hydrogens (tertiary/aromatic N) is 1. The molecule has 0 saturated carbocycles. The molecule has 1 fully saturated rings. The number of alkyl carbamates (subject to hydrolysis) is 1. The number of benzene rings is 6. The number of carbonyl (C=O) groups is 5. The lowest BCUT2D eigenvalue weighted by molar-refractivity contribution is -0.202. The molecule has 0 radical (unpaired) electrons. The van der Waals surface area contributed by atoms with E-state index in [-0.39, 0.29) is 101 Å². The molecule has 2 heterocycles. The predicted molar refractivity (Wildman–Crippen MR) is 230 cm³/mol. The van der Waals surface area contributed by atoms with Crippen LogP contribution in [0.15, 0.2) is 131 Å². The molecule has 4 aliphatic rings. The van der Waals surface area contributed by atoms with E-state index in [1.165, 1.54) is 48.5 Å². The van der Waals surface area contributed by atoms with Crippen molar-refractivity contribution in [3.63, 3.8) is 0 Å². The van der Waals surface area contributed by atoms with Crippen LogP contribution in [0.3, 0.4) is 0 Å². The summed E-state index contributed by atoms with van der Waals surface area (Å²) < 4.78 is 17.1. The van der Waals surface area contributed by atoms with E-state index in [0.29, 0.717) is 11.1 Å². The number of carbonyl (C=O) groups excluding carboxylic acids is 4. The Morgan fingerprint density at radius 1 is 0.750 bits per heavy atom. The van der Waals surface area contributed by atoms with Crippen molar-refractivity contribution >= 4 is 40.8 Å². The summed E-state index contributed by atoms with van der Waals surface area (Å²) in [5.41, 5.74) is 5.47. The number of hydrogen-bond donors (Lipinski definition) is 4. The minimum atomic E-state index is -1.33. The maximum atomic E-state index is 13.5. The van der Waals surface area contributed by atoms with E-state index < -0.39 is 35.3 Å². The van der Waals surface area contributed by atoms with Crippen LogP contribution in [0.4, 0.5) is 4.79 Å². The Labute approximate surface area is 363 Å². The van der Waals surface area contributed by atoms with Crippen LogP contribution in [-0.2, 0) is 32.2 Å². The Bertz CT molecular complexity index is 3010. The number of aromatic carboxylic acids is 1. The van der Waals surface area contributed by atoms with Crippen molar-refractivity contribution in [2.75, 3.05) is 19.9 Å². The zero-order chi connectivity index (χ0) is 44.5. The van der Waals surface area contributed by atoms with E-state index in [1.54, 1.807) is 24.3 Å². The summed E-state index contributed by atoms with van der Waals surface area (Å²) in [7, 11) is 0. The highest BCUT2D eigenvalue weighted by Gasteiger charge is 2.30. The van der Waals surface area contributed by atoms with Gasteiger partial charge in [-0.2, -0.15) is 0 Å². The molecule has 64 heavy (non-hydrogen) atoms. The molecule has 0 bridgehead atoms. The number of phenolic OH excluding ortho intramolecular Hbond substituents is 1. The van der Waals surface area contributed by atoms with Crippen LogP contribution in [-0.4, -0.2) is 65.1 Å². The highest BCUT2D eigenvalue weighted by Crippen LogP contribution is 2.45. The highest BCUT2D eigenvalue weighted by atomic mass is 16.7. The maximum absolute atomic E-state index is 13.5. The van der Waals surface area contributed by atoms with Crippen LogP contribution < -0.4 is 16.1 Å². The van der Waals surface area contributed by atoms with Crippen LogP contribution in [0.5, 0.6) is 5.75 Å².